The average molecular weight is 563 g/mol. The highest BCUT2D eigenvalue weighted by atomic mass is 16.4. The molecule has 0 saturated heterocycles. The minimum Gasteiger partial charge on any atom is -0.411 e. The first-order valence-corrected chi connectivity index (χ1v) is 9.74. The number of aromatic nitrogens is 3. The molecule has 0 aliphatic heterocycles. The van der Waals surface area contributed by atoms with Gasteiger partial charge in [-0.3, -0.25) is 19.8 Å². The number of carbonyl (C=O) groups is 5. The summed E-state index contributed by atoms with van der Waals surface area (Å²) in [6.07, 6.45) is 3.59. The second-order valence-corrected chi connectivity index (χ2v) is 6.04. The maximum Gasteiger partial charge on any atom is 0.361 e. The highest BCUT2D eigenvalue weighted by molar-refractivity contribution is 6.29. The van der Waals surface area contributed by atoms with Crippen LogP contribution in [0.1, 0.15) is 40.3 Å². The molecule has 0 saturated carbocycles. The van der Waals surface area contributed by atoms with Crippen LogP contribution in [0.25, 0.3) is 0 Å². The number of hydrazine groups is 1. The molecule has 0 atom stereocenters. The van der Waals surface area contributed by atoms with Crippen LogP contribution in [0.5, 0.6) is 0 Å². The summed E-state index contributed by atoms with van der Waals surface area (Å²) in [5.74, 6) is 3.77. The lowest BCUT2D eigenvalue weighted by molar-refractivity contribution is -0.128. The van der Waals surface area contributed by atoms with Gasteiger partial charge in [0.25, 0.3) is 0 Å². The van der Waals surface area contributed by atoms with Crippen molar-refractivity contribution in [3.8, 4) is 0 Å². The third-order valence-corrected chi connectivity index (χ3v) is 2.03. The van der Waals surface area contributed by atoms with E-state index < -0.39 is 23.5 Å². The Morgan fingerprint density at radius 1 is 0.949 bits per heavy atom. The number of primary amides is 2. The molecular weight excluding hydrogens is 528 g/mol. The van der Waals surface area contributed by atoms with E-state index in [0.717, 1.165) is 12.4 Å². The van der Waals surface area contributed by atoms with Crippen LogP contribution in [0.2, 0.25) is 0 Å². The third kappa shape index (κ3) is 65.4. The lowest BCUT2D eigenvalue weighted by Gasteiger charge is -1.90. The number of aromatic amines is 1. The van der Waals surface area contributed by atoms with Crippen molar-refractivity contribution in [1.82, 2.24) is 26.0 Å². The van der Waals surface area contributed by atoms with Crippen LogP contribution < -0.4 is 33.9 Å². The molecule has 1 heterocycles. The molecule has 0 spiro atoms. The van der Waals surface area contributed by atoms with E-state index in [9.17, 15) is 24.0 Å². The largest absolute Gasteiger partial charge is 0.411 e. The summed E-state index contributed by atoms with van der Waals surface area (Å²) in [6, 6.07) is -1.48. The van der Waals surface area contributed by atoms with E-state index in [1.54, 1.807) is 26.2 Å². The number of rotatable bonds is 4. The van der Waals surface area contributed by atoms with Gasteiger partial charge in [-0.05, 0) is 27.7 Å². The van der Waals surface area contributed by atoms with E-state index in [-0.39, 0.29) is 12.1 Å². The van der Waals surface area contributed by atoms with Crippen molar-refractivity contribution in [2.75, 3.05) is 0 Å². The molecule has 21 heteroatoms. The molecule has 1 aromatic heterocycles. The van der Waals surface area contributed by atoms with Gasteiger partial charge in [0.2, 0.25) is 0 Å². The van der Waals surface area contributed by atoms with E-state index >= 15 is 0 Å². The Kier molecular flexibility index (Phi) is 36.1. The molecule has 12 N–H and O–H groups in total. The number of Topliss-reactive ketones (excluding diaryl/α,β-unsaturated/α-hetero) is 2. The minimum atomic E-state index is -0.759. The molecule has 0 bridgehead atoms. The Morgan fingerprint density at radius 3 is 1.56 bits per heavy atom. The van der Waals surface area contributed by atoms with Crippen molar-refractivity contribution in [3.63, 3.8) is 0 Å². The van der Waals surface area contributed by atoms with Crippen molar-refractivity contribution in [2.45, 2.75) is 41.5 Å². The van der Waals surface area contributed by atoms with Crippen molar-refractivity contribution in [3.05, 3.63) is 22.4 Å². The van der Waals surface area contributed by atoms with Crippen molar-refractivity contribution >= 4 is 53.8 Å². The molecule has 0 unspecified atom stereocenters. The van der Waals surface area contributed by atoms with Gasteiger partial charge in [0.15, 0.2) is 17.9 Å². The van der Waals surface area contributed by atoms with Gasteiger partial charge >= 0.3 is 17.8 Å². The topological polar surface area (TPSA) is 356 Å². The number of nitrogens with one attached hydrogen (secondary N) is 3. The number of carbonyl (C=O) groups excluding carboxylic acids is 5. The zero-order valence-electron chi connectivity index (χ0n) is 22.0. The predicted octanol–water partition coefficient (Wildman–Crippen LogP) is -1.84. The summed E-state index contributed by atoms with van der Waals surface area (Å²) in [4.78, 5) is 61.3. The number of urea groups is 2. The van der Waals surface area contributed by atoms with E-state index in [1.807, 2.05) is 5.43 Å². The molecule has 1 rings (SSSR count). The van der Waals surface area contributed by atoms with Gasteiger partial charge in [-0.15, -0.1) is 0 Å². The maximum absolute atomic E-state index is 10.2. The first kappa shape index (κ1) is 43.5. The van der Waals surface area contributed by atoms with E-state index in [0.29, 0.717) is 17.1 Å². The second-order valence-electron chi connectivity index (χ2n) is 6.04. The van der Waals surface area contributed by atoms with Gasteiger partial charge in [-0.25, -0.2) is 30.8 Å². The first-order valence-electron chi connectivity index (χ1n) is 9.74. The van der Waals surface area contributed by atoms with E-state index in [4.69, 9.17) is 20.4 Å². The lowest BCUT2D eigenvalue weighted by Crippen LogP contribution is -2.34. The third-order valence-electron chi connectivity index (χ3n) is 2.03. The highest BCUT2D eigenvalue weighted by Gasteiger charge is 1.87. The molecule has 0 aromatic carbocycles. The number of amides is 4. The molecule has 1 aromatic rings. The van der Waals surface area contributed by atoms with Crippen LogP contribution >= 0.6 is 0 Å². The van der Waals surface area contributed by atoms with Gasteiger partial charge in [0, 0.05) is 13.8 Å². The predicted molar refractivity (Wildman–Crippen MR) is 139 cm³/mol. The smallest absolute Gasteiger partial charge is 0.361 e. The molecule has 0 aliphatic rings. The zero-order valence-corrected chi connectivity index (χ0v) is 22.0. The zero-order chi connectivity index (χ0) is 31.8. The summed E-state index contributed by atoms with van der Waals surface area (Å²) < 4.78 is 0. The molecular formula is C18H34N12O9. The lowest BCUT2D eigenvalue weighted by atomic mass is 10.5. The van der Waals surface area contributed by atoms with Crippen molar-refractivity contribution in [2.24, 2.45) is 37.9 Å². The van der Waals surface area contributed by atoms with Crippen molar-refractivity contribution in [1.29, 1.82) is 0 Å². The monoisotopic (exact) mass is 562 g/mol. The quantitative estimate of drug-likeness (QED) is 0.0371. The van der Waals surface area contributed by atoms with Crippen LogP contribution in [-0.2, 0) is 14.4 Å². The van der Waals surface area contributed by atoms with Crippen molar-refractivity contribution < 1.29 is 39.6 Å². The fraction of sp³-hybridized carbons (Fsp3) is 0.333. The van der Waals surface area contributed by atoms with Crippen LogP contribution in [-0.4, -0.2) is 84.6 Å². The first-order chi connectivity index (χ1) is 18.0. The molecule has 0 radical (unpaired) electrons. The molecule has 21 nitrogen and oxygen atoms in total. The van der Waals surface area contributed by atoms with Crippen LogP contribution in [0.4, 0.5) is 9.59 Å². The summed E-state index contributed by atoms with van der Waals surface area (Å²) in [7, 11) is 0. The summed E-state index contributed by atoms with van der Waals surface area (Å²) in [5.41, 5.74) is 14.0. The van der Waals surface area contributed by atoms with Crippen LogP contribution in [0.3, 0.4) is 0 Å². The fourth-order valence-corrected chi connectivity index (χ4v) is 0.683. The molecule has 39 heavy (non-hydrogen) atoms. The number of ketones is 2. The number of hydrogen-bond acceptors (Lipinski definition) is 16. The summed E-state index contributed by atoms with van der Waals surface area (Å²) in [6.45, 7) is 9.26. The molecule has 0 fully saturated rings. The fourth-order valence-electron chi connectivity index (χ4n) is 0.683. The minimum absolute atomic E-state index is 0.252. The van der Waals surface area contributed by atoms with E-state index in [2.05, 4.69) is 53.1 Å². The summed E-state index contributed by atoms with van der Waals surface area (Å²) in [5, 5.41) is 40.4. The van der Waals surface area contributed by atoms with Crippen LogP contribution in [0.15, 0.2) is 31.6 Å². The number of H-pyrrole nitrogens is 1. The Morgan fingerprint density at radius 2 is 1.38 bits per heavy atom. The number of nitrogens with zero attached hydrogens (tertiary/aromatic N) is 6. The second kappa shape index (κ2) is 32.4. The van der Waals surface area contributed by atoms with Crippen LogP contribution in [0, 0.1) is 6.92 Å². The Balaban J connectivity index is -0.000000122. The van der Waals surface area contributed by atoms with Gasteiger partial charge in [0.05, 0.1) is 29.5 Å². The van der Waals surface area contributed by atoms with Gasteiger partial charge in [-0.1, -0.05) is 15.5 Å². The number of oxime groups is 3. The number of aldehydes is 1. The van der Waals surface area contributed by atoms with Gasteiger partial charge in [0.1, 0.15) is 6.21 Å². The Bertz CT molecular complexity index is 997. The molecule has 4 amide bonds. The Labute approximate surface area is 221 Å². The standard InChI is InChI=1S/C4H8N4O2.C4H5N3O.C3H5NO2.C3H7NO.C3H4O2.CH5N3O/c1-3(2-6-10)7-8-4(5)9;1-3-2-5-4(8)7-6-3;1-3(5)2-4-6;1-3(2)4-5;1-3(5)2-4;2-1(5)4-3/h2,10H,1H3,(H3,5,8,9);2H,1H3,(H,5,7,8);2,6H,1H3;5H,1-2H3;2H,1H3;3H2,(H3,2,4,5)/b6-2+,7-3-;;4-2+;;;. The maximum atomic E-state index is 10.2. The highest BCUT2D eigenvalue weighted by Crippen LogP contribution is 1.75. The summed E-state index contributed by atoms with van der Waals surface area (Å²) >= 11 is 0. The number of nitrogens with two attached hydrogens (primary N) is 3. The SMILES string of the molecule is CC(/C=N/O)=N/NC(N)=O.CC(=O)/C=N/O.CC(=O)C=O.CC(C)=NO.Cc1cnc(=O)[nH]n1.NNC(N)=O. The average Bonchev–Trinajstić information content (AvgIpc) is 2.86. The van der Waals surface area contributed by atoms with Gasteiger partial charge in [-0.2, -0.15) is 15.2 Å². The van der Waals surface area contributed by atoms with E-state index in [1.165, 1.54) is 27.0 Å². The number of hydrogen-bond donors (Lipinski definition) is 9. The number of hydrazone groups is 1. The number of aryl methyl sites for hydroxylation is 1. The van der Waals surface area contributed by atoms with Gasteiger partial charge < -0.3 is 27.1 Å². The normalized spacial score (nSPS) is 8.95. The molecule has 0 aliphatic carbocycles. The molecule has 220 valence electrons. The Hall–Kier alpha value is -5.60.